The first-order valence-electron chi connectivity index (χ1n) is 8.50. The minimum atomic E-state index is 0.183. The average molecular weight is 304 g/mol. The van der Waals surface area contributed by atoms with Crippen LogP contribution in [0.4, 0.5) is 0 Å². The molecule has 0 aromatic carbocycles. The topological polar surface area (TPSA) is 34.1 Å². The first-order valence-corrected chi connectivity index (χ1v) is 8.50. The highest BCUT2D eigenvalue weighted by atomic mass is 16.5. The number of hydrogen-bond acceptors (Lipinski definition) is 3. The first-order chi connectivity index (χ1) is 10.1. The van der Waals surface area contributed by atoms with Gasteiger partial charge >= 0.3 is 0 Å². The maximum Gasteiger partial charge on any atom is 0.213 e. The van der Waals surface area contributed by atoms with E-state index in [1.54, 1.807) is 0 Å². The van der Waals surface area contributed by atoms with Crippen LogP contribution < -0.4 is 10.1 Å². The molecule has 1 heterocycles. The second-order valence-corrected chi connectivity index (χ2v) is 8.87. The number of ether oxygens (including phenoxy) is 1. The Balaban J connectivity index is 1.74. The molecule has 124 valence electrons. The van der Waals surface area contributed by atoms with Crippen molar-refractivity contribution >= 4 is 0 Å². The maximum atomic E-state index is 5.94. The van der Waals surface area contributed by atoms with Gasteiger partial charge in [-0.25, -0.2) is 4.98 Å². The van der Waals surface area contributed by atoms with Crippen molar-refractivity contribution in [1.82, 2.24) is 10.3 Å². The zero-order valence-corrected chi connectivity index (χ0v) is 15.1. The summed E-state index contributed by atoms with van der Waals surface area (Å²) in [5.41, 5.74) is 1.85. The van der Waals surface area contributed by atoms with Gasteiger partial charge in [0.1, 0.15) is 6.10 Å². The number of pyridine rings is 1. The number of nitrogens with zero attached hydrogens (tertiary/aromatic N) is 1. The maximum absolute atomic E-state index is 5.94. The van der Waals surface area contributed by atoms with Gasteiger partial charge in [0.2, 0.25) is 5.88 Å². The Hall–Kier alpha value is -1.09. The second-order valence-electron chi connectivity index (χ2n) is 8.87. The van der Waals surface area contributed by atoms with Crippen molar-refractivity contribution in [2.75, 3.05) is 0 Å². The van der Waals surface area contributed by atoms with Gasteiger partial charge in [-0.15, -0.1) is 0 Å². The summed E-state index contributed by atoms with van der Waals surface area (Å²) in [7, 11) is 0. The van der Waals surface area contributed by atoms with E-state index in [0.29, 0.717) is 17.6 Å². The lowest BCUT2D eigenvalue weighted by atomic mass is 9.87. The highest BCUT2D eigenvalue weighted by Crippen LogP contribution is 2.27. The van der Waals surface area contributed by atoms with E-state index in [-0.39, 0.29) is 5.54 Å². The fourth-order valence-corrected chi connectivity index (χ4v) is 2.71. The highest BCUT2D eigenvalue weighted by molar-refractivity contribution is 5.18. The van der Waals surface area contributed by atoms with Crippen LogP contribution in [0.2, 0.25) is 0 Å². The number of aromatic nitrogens is 1. The van der Waals surface area contributed by atoms with Crippen molar-refractivity contribution in [3.8, 4) is 5.88 Å². The third kappa shape index (κ3) is 5.96. The average Bonchev–Trinajstić information content (AvgIpc) is 2.33. The van der Waals surface area contributed by atoms with E-state index in [1.807, 2.05) is 12.3 Å². The standard InChI is InChI=1S/C19H32N2O/c1-18(2,3)10-9-14-7-8-17(20-13-14)22-16-11-15(12-16)21-19(4,5)6/h7-8,13,15-16,21H,9-12H2,1-6H3/t15-,16-. The predicted molar refractivity (Wildman–Crippen MR) is 92.3 cm³/mol. The van der Waals surface area contributed by atoms with Crippen molar-refractivity contribution in [3.63, 3.8) is 0 Å². The van der Waals surface area contributed by atoms with E-state index < -0.39 is 0 Å². The summed E-state index contributed by atoms with van der Waals surface area (Å²) in [6.45, 7) is 13.4. The minimum absolute atomic E-state index is 0.183. The van der Waals surface area contributed by atoms with Crippen LogP contribution >= 0.6 is 0 Å². The van der Waals surface area contributed by atoms with Gasteiger partial charge in [0.05, 0.1) is 0 Å². The molecule has 3 heteroatoms. The highest BCUT2D eigenvalue weighted by Gasteiger charge is 2.33. The van der Waals surface area contributed by atoms with Gasteiger partial charge in [0, 0.05) is 23.8 Å². The summed E-state index contributed by atoms with van der Waals surface area (Å²) in [6.07, 6.45) is 6.68. The van der Waals surface area contributed by atoms with Crippen LogP contribution in [0.1, 0.15) is 66.4 Å². The lowest BCUT2D eigenvalue weighted by Gasteiger charge is -2.39. The molecule has 1 fully saturated rings. The summed E-state index contributed by atoms with van der Waals surface area (Å²) in [6, 6.07) is 4.75. The third-order valence-electron chi connectivity index (χ3n) is 3.98. The number of rotatable bonds is 5. The molecule has 1 aliphatic rings. The molecule has 2 rings (SSSR count). The molecule has 0 radical (unpaired) electrons. The first kappa shape index (κ1) is 17.3. The lowest BCUT2D eigenvalue weighted by molar-refractivity contribution is 0.0694. The predicted octanol–water partition coefficient (Wildman–Crippen LogP) is 4.36. The Bertz CT molecular complexity index is 462. The van der Waals surface area contributed by atoms with Crippen molar-refractivity contribution in [2.24, 2.45) is 5.41 Å². The van der Waals surface area contributed by atoms with Crippen molar-refractivity contribution in [3.05, 3.63) is 23.9 Å². The van der Waals surface area contributed by atoms with E-state index in [0.717, 1.165) is 25.1 Å². The molecule has 1 aromatic heterocycles. The van der Waals surface area contributed by atoms with Crippen molar-refractivity contribution in [1.29, 1.82) is 0 Å². The van der Waals surface area contributed by atoms with E-state index in [9.17, 15) is 0 Å². The van der Waals surface area contributed by atoms with E-state index >= 15 is 0 Å². The number of nitrogens with one attached hydrogen (secondary N) is 1. The Morgan fingerprint density at radius 1 is 1.14 bits per heavy atom. The summed E-state index contributed by atoms with van der Waals surface area (Å²) in [5.74, 6) is 0.763. The second kappa shape index (κ2) is 6.57. The van der Waals surface area contributed by atoms with E-state index in [4.69, 9.17) is 4.74 Å². The van der Waals surface area contributed by atoms with Gasteiger partial charge in [-0.2, -0.15) is 0 Å². The Morgan fingerprint density at radius 2 is 1.82 bits per heavy atom. The van der Waals surface area contributed by atoms with E-state index in [2.05, 4.69) is 57.9 Å². The molecule has 0 atom stereocenters. The van der Waals surface area contributed by atoms with Crippen molar-refractivity contribution < 1.29 is 4.74 Å². The molecule has 0 unspecified atom stereocenters. The molecular weight excluding hydrogens is 272 g/mol. The fraction of sp³-hybridized carbons (Fsp3) is 0.737. The van der Waals surface area contributed by atoms with Crippen LogP contribution in [0.5, 0.6) is 5.88 Å². The van der Waals surface area contributed by atoms with E-state index in [1.165, 1.54) is 12.0 Å². The molecule has 22 heavy (non-hydrogen) atoms. The summed E-state index contributed by atoms with van der Waals surface area (Å²) >= 11 is 0. The van der Waals surface area contributed by atoms with Crippen molar-refractivity contribution in [2.45, 2.75) is 84.9 Å². The quantitative estimate of drug-likeness (QED) is 0.877. The van der Waals surface area contributed by atoms with Gasteiger partial charge in [-0.1, -0.05) is 26.8 Å². The zero-order chi connectivity index (χ0) is 16.4. The molecule has 0 saturated heterocycles. The lowest BCUT2D eigenvalue weighted by Crippen LogP contribution is -2.53. The van der Waals surface area contributed by atoms with Crippen LogP contribution in [0.3, 0.4) is 0 Å². The normalized spacial score (nSPS) is 22.3. The molecule has 1 N–H and O–H groups in total. The summed E-state index contributed by atoms with van der Waals surface area (Å²) < 4.78 is 5.94. The molecule has 3 nitrogen and oxygen atoms in total. The van der Waals surface area contributed by atoms with Gasteiger partial charge < -0.3 is 10.1 Å². The molecule has 1 aliphatic carbocycles. The molecule has 1 saturated carbocycles. The number of aryl methyl sites for hydroxylation is 1. The molecule has 0 spiro atoms. The zero-order valence-electron chi connectivity index (χ0n) is 15.1. The molecule has 0 amide bonds. The minimum Gasteiger partial charge on any atom is -0.474 e. The Morgan fingerprint density at radius 3 is 2.32 bits per heavy atom. The fourth-order valence-electron chi connectivity index (χ4n) is 2.71. The third-order valence-corrected chi connectivity index (χ3v) is 3.98. The van der Waals surface area contributed by atoms with Gasteiger partial charge in [0.15, 0.2) is 0 Å². The SMILES string of the molecule is CC(C)(C)CCc1ccc(O[C@H]2C[C@H](NC(C)(C)C)C2)nc1. The summed E-state index contributed by atoms with van der Waals surface area (Å²) in [5, 5.41) is 3.61. The van der Waals surface area contributed by atoms with Gasteiger partial charge in [-0.05, 0) is 57.4 Å². The van der Waals surface area contributed by atoms with Crippen LogP contribution in [-0.2, 0) is 6.42 Å². The van der Waals surface area contributed by atoms with Crippen LogP contribution in [-0.4, -0.2) is 22.7 Å². The molecular formula is C19H32N2O. The van der Waals surface area contributed by atoms with Crippen LogP contribution in [0.25, 0.3) is 0 Å². The Kier molecular flexibility index (Phi) is 5.16. The smallest absolute Gasteiger partial charge is 0.213 e. The largest absolute Gasteiger partial charge is 0.474 e. The van der Waals surface area contributed by atoms with Crippen LogP contribution in [0, 0.1) is 5.41 Å². The summed E-state index contributed by atoms with van der Waals surface area (Å²) in [4.78, 5) is 4.46. The molecule has 0 aliphatic heterocycles. The molecule has 0 bridgehead atoms. The van der Waals surface area contributed by atoms with Gasteiger partial charge in [0.25, 0.3) is 0 Å². The Labute approximate surface area is 135 Å². The monoisotopic (exact) mass is 304 g/mol. The van der Waals surface area contributed by atoms with Gasteiger partial charge in [-0.3, -0.25) is 0 Å². The molecule has 1 aromatic rings. The van der Waals surface area contributed by atoms with Crippen LogP contribution in [0.15, 0.2) is 18.3 Å². The number of hydrogen-bond donors (Lipinski definition) is 1.